The maximum Gasteiger partial charge on any atom is 0.420 e. The average Bonchev–Trinajstić information content (AvgIpc) is 3.04. The Morgan fingerprint density at radius 1 is 1.15 bits per heavy atom. The monoisotopic (exact) mass is 368 g/mol. The Hall–Kier alpha value is -2.73. The predicted molar refractivity (Wildman–Crippen MR) is 104 cm³/mol. The molecule has 6 heteroatoms. The number of fused-ring (bicyclic) bond motifs is 1. The van der Waals surface area contributed by atoms with Gasteiger partial charge in [0.25, 0.3) is 0 Å². The molecule has 0 aliphatic carbocycles. The van der Waals surface area contributed by atoms with E-state index >= 15 is 0 Å². The van der Waals surface area contributed by atoms with Crippen molar-refractivity contribution in [2.75, 3.05) is 27.3 Å². The number of para-hydroxylation sites is 2. The maximum atomic E-state index is 12.4. The minimum absolute atomic E-state index is 0.110. The molecule has 0 amide bonds. The SMILES string of the molecule is COc1ccc(CN2CCC[C@@H](n3c(=O)oc4ccccc43)C2)c(OC)c1. The van der Waals surface area contributed by atoms with Gasteiger partial charge in [0.2, 0.25) is 0 Å². The molecule has 2 heterocycles. The summed E-state index contributed by atoms with van der Waals surface area (Å²) in [5.41, 5.74) is 2.64. The Kier molecular flexibility index (Phi) is 4.90. The van der Waals surface area contributed by atoms with Gasteiger partial charge >= 0.3 is 5.76 Å². The van der Waals surface area contributed by atoms with Crippen molar-refractivity contribution in [3.8, 4) is 11.5 Å². The fourth-order valence-corrected chi connectivity index (χ4v) is 3.94. The lowest BCUT2D eigenvalue weighted by molar-refractivity contribution is 0.166. The van der Waals surface area contributed by atoms with Crippen LogP contribution in [-0.2, 0) is 6.54 Å². The lowest BCUT2D eigenvalue weighted by Crippen LogP contribution is -2.38. The lowest BCUT2D eigenvalue weighted by atomic mass is 10.0. The highest BCUT2D eigenvalue weighted by Crippen LogP contribution is 2.29. The second-order valence-corrected chi connectivity index (χ2v) is 6.91. The van der Waals surface area contributed by atoms with Crippen LogP contribution in [0, 0.1) is 0 Å². The molecular formula is C21H24N2O4. The Morgan fingerprint density at radius 3 is 2.81 bits per heavy atom. The fraction of sp³-hybridized carbons (Fsp3) is 0.381. The Labute approximate surface area is 157 Å². The summed E-state index contributed by atoms with van der Waals surface area (Å²) in [5, 5.41) is 0. The van der Waals surface area contributed by atoms with E-state index in [1.165, 1.54) is 0 Å². The van der Waals surface area contributed by atoms with Gasteiger partial charge in [-0.2, -0.15) is 0 Å². The van der Waals surface area contributed by atoms with Crippen LogP contribution in [0.2, 0.25) is 0 Å². The average molecular weight is 368 g/mol. The van der Waals surface area contributed by atoms with E-state index in [4.69, 9.17) is 13.9 Å². The molecule has 1 aliphatic heterocycles. The number of oxazole rings is 1. The van der Waals surface area contributed by atoms with Gasteiger partial charge < -0.3 is 13.9 Å². The van der Waals surface area contributed by atoms with Gasteiger partial charge in [0.15, 0.2) is 5.58 Å². The first kappa shape index (κ1) is 17.7. The van der Waals surface area contributed by atoms with Crippen molar-refractivity contribution in [2.24, 2.45) is 0 Å². The molecule has 1 atom stereocenters. The number of aromatic nitrogens is 1. The van der Waals surface area contributed by atoms with E-state index in [1.807, 2.05) is 47.0 Å². The first-order valence-electron chi connectivity index (χ1n) is 9.23. The summed E-state index contributed by atoms with van der Waals surface area (Å²) in [6.07, 6.45) is 2.01. The van der Waals surface area contributed by atoms with Crippen LogP contribution in [0.25, 0.3) is 11.1 Å². The molecule has 142 valence electrons. The van der Waals surface area contributed by atoms with Crippen molar-refractivity contribution < 1.29 is 13.9 Å². The summed E-state index contributed by atoms with van der Waals surface area (Å²) in [7, 11) is 3.32. The maximum absolute atomic E-state index is 12.4. The third-order valence-corrected chi connectivity index (χ3v) is 5.25. The predicted octanol–water partition coefficient (Wildman–Crippen LogP) is 3.45. The minimum Gasteiger partial charge on any atom is -0.497 e. The van der Waals surface area contributed by atoms with Crippen LogP contribution in [0.15, 0.2) is 51.7 Å². The zero-order valence-electron chi connectivity index (χ0n) is 15.7. The van der Waals surface area contributed by atoms with Gasteiger partial charge in [-0.1, -0.05) is 18.2 Å². The highest BCUT2D eigenvalue weighted by molar-refractivity contribution is 5.72. The fourth-order valence-electron chi connectivity index (χ4n) is 3.94. The number of likely N-dealkylation sites (tertiary alicyclic amines) is 1. The van der Waals surface area contributed by atoms with Crippen LogP contribution >= 0.6 is 0 Å². The number of rotatable bonds is 5. The molecule has 0 saturated carbocycles. The van der Waals surface area contributed by atoms with Gasteiger partial charge in [-0.05, 0) is 37.6 Å². The molecular weight excluding hydrogens is 344 g/mol. The van der Waals surface area contributed by atoms with Gasteiger partial charge in [-0.25, -0.2) is 4.79 Å². The molecule has 1 saturated heterocycles. The van der Waals surface area contributed by atoms with E-state index in [0.717, 1.165) is 55.1 Å². The quantitative estimate of drug-likeness (QED) is 0.690. The topological polar surface area (TPSA) is 56.8 Å². The molecule has 27 heavy (non-hydrogen) atoms. The Morgan fingerprint density at radius 2 is 2.00 bits per heavy atom. The first-order valence-corrected chi connectivity index (χ1v) is 9.23. The van der Waals surface area contributed by atoms with Gasteiger partial charge in [0.05, 0.1) is 25.8 Å². The van der Waals surface area contributed by atoms with Gasteiger partial charge in [0.1, 0.15) is 11.5 Å². The number of nitrogens with zero attached hydrogens (tertiary/aromatic N) is 2. The van der Waals surface area contributed by atoms with E-state index in [9.17, 15) is 4.79 Å². The van der Waals surface area contributed by atoms with E-state index in [-0.39, 0.29) is 11.8 Å². The van der Waals surface area contributed by atoms with Gasteiger partial charge in [0, 0.05) is 24.7 Å². The number of piperidine rings is 1. The van der Waals surface area contributed by atoms with Gasteiger partial charge in [-0.3, -0.25) is 9.47 Å². The molecule has 0 unspecified atom stereocenters. The summed E-state index contributed by atoms with van der Waals surface area (Å²) in [6.45, 7) is 2.57. The van der Waals surface area contributed by atoms with E-state index in [1.54, 1.807) is 14.2 Å². The summed E-state index contributed by atoms with van der Waals surface area (Å²) in [4.78, 5) is 14.8. The molecule has 0 bridgehead atoms. The molecule has 1 fully saturated rings. The second kappa shape index (κ2) is 7.48. The summed E-state index contributed by atoms with van der Waals surface area (Å²) < 4.78 is 18.0. The number of ether oxygens (including phenoxy) is 2. The molecule has 1 aliphatic rings. The Bertz CT molecular complexity index is 991. The number of benzene rings is 2. The van der Waals surface area contributed by atoms with Crippen molar-refractivity contribution in [3.05, 3.63) is 58.6 Å². The van der Waals surface area contributed by atoms with Crippen LogP contribution < -0.4 is 15.2 Å². The zero-order chi connectivity index (χ0) is 18.8. The van der Waals surface area contributed by atoms with Gasteiger partial charge in [-0.15, -0.1) is 0 Å². The third-order valence-electron chi connectivity index (χ3n) is 5.25. The Balaban J connectivity index is 1.57. The van der Waals surface area contributed by atoms with Crippen LogP contribution in [0.5, 0.6) is 11.5 Å². The lowest BCUT2D eigenvalue weighted by Gasteiger charge is -2.33. The van der Waals surface area contributed by atoms with Crippen molar-refractivity contribution in [2.45, 2.75) is 25.4 Å². The van der Waals surface area contributed by atoms with Crippen molar-refractivity contribution >= 4 is 11.1 Å². The number of hydrogen-bond acceptors (Lipinski definition) is 5. The molecule has 0 spiro atoms. The highest BCUT2D eigenvalue weighted by atomic mass is 16.5. The molecule has 4 rings (SSSR count). The summed E-state index contributed by atoms with van der Waals surface area (Å²) >= 11 is 0. The first-order chi connectivity index (χ1) is 13.2. The second-order valence-electron chi connectivity index (χ2n) is 6.91. The van der Waals surface area contributed by atoms with Crippen molar-refractivity contribution in [3.63, 3.8) is 0 Å². The summed E-state index contributed by atoms with van der Waals surface area (Å²) in [6, 6.07) is 13.6. The zero-order valence-corrected chi connectivity index (χ0v) is 15.7. The van der Waals surface area contributed by atoms with Crippen LogP contribution in [-0.4, -0.2) is 36.8 Å². The minimum atomic E-state index is -0.273. The van der Waals surface area contributed by atoms with E-state index < -0.39 is 0 Å². The highest BCUT2D eigenvalue weighted by Gasteiger charge is 2.25. The van der Waals surface area contributed by atoms with Crippen molar-refractivity contribution in [1.29, 1.82) is 0 Å². The van der Waals surface area contributed by atoms with Crippen LogP contribution in [0.1, 0.15) is 24.4 Å². The number of methoxy groups -OCH3 is 2. The van der Waals surface area contributed by atoms with Crippen LogP contribution in [0.3, 0.4) is 0 Å². The molecule has 0 radical (unpaired) electrons. The largest absolute Gasteiger partial charge is 0.497 e. The molecule has 1 aromatic heterocycles. The molecule has 0 N–H and O–H groups in total. The van der Waals surface area contributed by atoms with E-state index in [2.05, 4.69) is 4.90 Å². The third kappa shape index (κ3) is 3.45. The smallest absolute Gasteiger partial charge is 0.420 e. The normalized spacial score (nSPS) is 17.9. The van der Waals surface area contributed by atoms with Crippen molar-refractivity contribution in [1.82, 2.24) is 9.47 Å². The molecule has 2 aromatic carbocycles. The summed E-state index contributed by atoms with van der Waals surface area (Å²) in [5.74, 6) is 1.33. The van der Waals surface area contributed by atoms with Crippen LogP contribution in [0.4, 0.5) is 0 Å². The number of hydrogen-bond donors (Lipinski definition) is 0. The molecule has 3 aromatic rings. The standard InChI is InChI=1S/C21H24N2O4/c1-25-17-10-9-15(20(12-17)26-2)13-22-11-5-6-16(14-22)23-18-7-3-4-8-19(18)27-21(23)24/h3-4,7-10,12,16H,5-6,11,13-14H2,1-2H3/t16-/m1/s1. The van der Waals surface area contributed by atoms with E-state index in [0.29, 0.717) is 5.58 Å². The molecule has 6 nitrogen and oxygen atoms in total.